The minimum atomic E-state index is -4.04. The maximum atomic E-state index is 10.7. The van der Waals surface area contributed by atoms with Gasteiger partial charge in [-0.25, -0.2) is 4.98 Å². The fourth-order valence-corrected chi connectivity index (χ4v) is 1.81. The fraction of sp³-hybridized carbons (Fsp3) is 0.111. The van der Waals surface area contributed by atoms with Gasteiger partial charge in [-0.3, -0.25) is 4.55 Å². The SMILES string of the molecule is O=S(=O)(O)C[n+]1ccc(-c2nccnn2)cc1. The van der Waals surface area contributed by atoms with E-state index in [1.807, 2.05) is 0 Å². The first-order chi connectivity index (χ1) is 8.04. The van der Waals surface area contributed by atoms with Crippen LogP contribution >= 0.6 is 0 Å². The lowest BCUT2D eigenvalue weighted by atomic mass is 10.2. The number of hydrogen-bond acceptors (Lipinski definition) is 5. The third-order valence-corrected chi connectivity index (χ3v) is 2.57. The Kier molecular flexibility index (Phi) is 3.07. The summed E-state index contributed by atoms with van der Waals surface area (Å²) in [5.41, 5.74) is 0.713. The van der Waals surface area contributed by atoms with Gasteiger partial charge in [-0.1, -0.05) is 0 Å². The Morgan fingerprint density at radius 2 is 1.94 bits per heavy atom. The van der Waals surface area contributed by atoms with Crippen molar-refractivity contribution >= 4 is 10.1 Å². The van der Waals surface area contributed by atoms with Crippen molar-refractivity contribution in [1.29, 1.82) is 0 Å². The first-order valence-corrected chi connectivity index (χ1v) is 6.24. The van der Waals surface area contributed by atoms with Crippen molar-refractivity contribution in [3.05, 3.63) is 36.9 Å². The average molecular weight is 253 g/mol. The molecule has 2 rings (SSSR count). The van der Waals surface area contributed by atoms with Crippen molar-refractivity contribution in [3.8, 4) is 11.4 Å². The zero-order valence-electron chi connectivity index (χ0n) is 8.63. The molecule has 88 valence electrons. The minimum absolute atomic E-state index is 0.450. The van der Waals surface area contributed by atoms with E-state index in [-0.39, 0.29) is 0 Å². The molecule has 7 nitrogen and oxygen atoms in total. The summed E-state index contributed by atoms with van der Waals surface area (Å²) in [4.78, 5) is 4.00. The molecule has 0 fully saturated rings. The second-order valence-electron chi connectivity index (χ2n) is 3.28. The van der Waals surface area contributed by atoms with E-state index in [9.17, 15) is 8.42 Å². The van der Waals surface area contributed by atoms with Gasteiger partial charge in [0.1, 0.15) is 0 Å². The van der Waals surface area contributed by atoms with Gasteiger partial charge in [0, 0.05) is 23.9 Å². The maximum Gasteiger partial charge on any atom is 0.326 e. The van der Waals surface area contributed by atoms with Crippen molar-refractivity contribution in [1.82, 2.24) is 15.2 Å². The van der Waals surface area contributed by atoms with Gasteiger partial charge in [0.05, 0.1) is 6.20 Å². The topological polar surface area (TPSA) is 96.9 Å². The Hall–Kier alpha value is -1.93. The highest BCUT2D eigenvalue weighted by atomic mass is 32.2. The molecule has 0 spiro atoms. The van der Waals surface area contributed by atoms with E-state index in [0.29, 0.717) is 11.4 Å². The molecule has 2 aromatic rings. The highest BCUT2D eigenvalue weighted by Gasteiger charge is 2.12. The van der Waals surface area contributed by atoms with Crippen LogP contribution in [-0.4, -0.2) is 28.2 Å². The van der Waals surface area contributed by atoms with E-state index in [1.165, 1.54) is 29.4 Å². The largest absolute Gasteiger partial charge is 0.326 e. The van der Waals surface area contributed by atoms with Crippen molar-refractivity contribution < 1.29 is 17.5 Å². The Balaban J connectivity index is 2.25. The van der Waals surface area contributed by atoms with E-state index in [4.69, 9.17) is 4.55 Å². The van der Waals surface area contributed by atoms with Crippen LogP contribution in [0.5, 0.6) is 0 Å². The first-order valence-electron chi connectivity index (χ1n) is 4.63. The molecular weight excluding hydrogens is 244 g/mol. The molecule has 2 heterocycles. The van der Waals surface area contributed by atoms with E-state index in [1.54, 1.807) is 12.1 Å². The zero-order valence-corrected chi connectivity index (χ0v) is 9.45. The molecule has 0 aliphatic rings. The van der Waals surface area contributed by atoms with Crippen LogP contribution in [0.4, 0.5) is 0 Å². The molecule has 0 unspecified atom stereocenters. The summed E-state index contributed by atoms with van der Waals surface area (Å²) in [7, 11) is -4.04. The lowest BCUT2D eigenvalue weighted by Gasteiger charge is -1.97. The molecule has 0 radical (unpaired) electrons. The quantitative estimate of drug-likeness (QED) is 0.594. The highest BCUT2D eigenvalue weighted by Crippen LogP contribution is 2.09. The van der Waals surface area contributed by atoms with Crippen molar-refractivity contribution in [3.63, 3.8) is 0 Å². The molecule has 0 saturated heterocycles. The normalized spacial score (nSPS) is 11.4. The third kappa shape index (κ3) is 3.26. The summed E-state index contributed by atoms with van der Waals surface area (Å²) < 4.78 is 31.3. The summed E-state index contributed by atoms with van der Waals surface area (Å²) in [6.45, 7) is 0. The Morgan fingerprint density at radius 1 is 1.24 bits per heavy atom. The fourth-order valence-electron chi connectivity index (χ4n) is 1.26. The van der Waals surface area contributed by atoms with Gasteiger partial charge < -0.3 is 0 Å². The number of rotatable bonds is 3. The van der Waals surface area contributed by atoms with E-state index in [0.717, 1.165) is 0 Å². The first kappa shape index (κ1) is 11.6. The number of aromatic nitrogens is 4. The Morgan fingerprint density at radius 3 is 2.47 bits per heavy atom. The molecule has 17 heavy (non-hydrogen) atoms. The average Bonchev–Trinajstić information content (AvgIpc) is 2.29. The molecule has 0 atom stereocenters. The second kappa shape index (κ2) is 4.52. The predicted molar refractivity (Wildman–Crippen MR) is 57.0 cm³/mol. The van der Waals surface area contributed by atoms with Gasteiger partial charge in [-0.2, -0.15) is 18.1 Å². The standard InChI is InChI=1S/C9H8N4O3S/c14-17(15,16)7-13-5-1-8(2-6-13)9-10-3-4-11-12-9/h1-6H,7H2/p+1. The monoisotopic (exact) mass is 253 g/mol. The molecule has 2 aromatic heterocycles. The molecule has 0 bridgehead atoms. The minimum Gasteiger partial charge on any atom is -0.281 e. The van der Waals surface area contributed by atoms with Crippen LogP contribution in [0.3, 0.4) is 0 Å². The lowest BCUT2D eigenvalue weighted by Crippen LogP contribution is -2.36. The molecule has 0 aromatic carbocycles. The summed E-state index contributed by atoms with van der Waals surface area (Å²) in [5, 5.41) is 7.50. The Labute approximate surface area is 97.5 Å². The summed E-state index contributed by atoms with van der Waals surface area (Å²) in [6.07, 6.45) is 6.01. The van der Waals surface area contributed by atoms with E-state index in [2.05, 4.69) is 15.2 Å². The maximum absolute atomic E-state index is 10.7. The van der Waals surface area contributed by atoms with E-state index >= 15 is 0 Å². The molecule has 8 heteroatoms. The summed E-state index contributed by atoms with van der Waals surface area (Å²) in [6, 6.07) is 3.28. The molecule has 1 N–H and O–H groups in total. The predicted octanol–water partition coefficient (Wildman–Crippen LogP) is -0.329. The van der Waals surface area contributed by atoms with Crippen LogP contribution < -0.4 is 4.57 Å². The lowest BCUT2D eigenvalue weighted by molar-refractivity contribution is -0.678. The van der Waals surface area contributed by atoms with Crippen LogP contribution in [0.2, 0.25) is 0 Å². The van der Waals surface area contributed by atoms with Gasteiger partial charge in [0.15, 0.2) is 18.2 Å². The van der Waals surface area contributed by atoms with Crippen LogP contribution in [0.1, 0.15) is 0 Å². The van der Waals surface area contributed by atoms with Crippen LogP contribution in [0.25, 0.3) is 11.4 Å². The zero-order chi connectivity index (χ0) is 12.3. The Bertz CT molecular complexity index is 598. The van der Waals surface area contributed by atoms with Gasteiger partial charge in [0.25, 0.3) is 5.88 Å². The third-order valence-electron chi connectivity index (χ3n) is 1.94. The van der Waals surface area contributed by atoms with Crippen LogP contribution in [-0.2, 0) is 16.0 Å². The smallest absolute Gasteiger partial charge is 0.281 e. The number of hydrogen-bond donors (Lipinski definition) is 1. The molecule has 0 aliphatic carbocycles. The molecule has 0 amide bonds. The number of nitrogens with zero attached hydrogens (tertiary/aromatic N) is 4. The summed E-state index contributed by atoms with van der Waals surface area (Å²) in [5.74, 6) is -0.0345. The number of pyridine rings is 1. The molecule has 0 saturated carbocycles. The molecular formula is C9H9N4O3S+. The van der Waals surface area contributed by atoms with Gasteiger partial charge in [0.2, 0.25) is 0 Å². The van der Waals surface area contributed by atoms with Crippen LogP contribution in [0, 0.1) is 0 Å². The van der Waals surface area contributed by atoms with Gasteiger partial charge >= 0.3 is 10.1 Å². The van der Waals surface area contributed by atoms with Crippen molar-refractivity contribution in [2.75, 3.05) is 0 Å². The van der Waals surface area contributed by atoms with Crippen LogP contribution in [0.15, 0.2) is 36.9 Å². The summed E-state index contributed by atoms with van der Waals surface area (Å²) >= 11 is 0. The highest BCUT2D eigenvalue weighted by molar-refractivity contribution is 7.84. The van der Waals surface area contributed by atoms with Gasteiger partial charge in [-0.05, 0) is 0 Å². The van der Waals surface area contributed by atoms with Gasteiger partial charge in [-0.15, -0.1) is 5.10 Å². The van der Waals surface area contributed by atoms with Crippen molar-refractivity contribution in [2.45, 2.75) is 5.88 Å². The second-order valence-corrected chi connectivity index (χ2v) is 4.70. The molecule has 0 aliphatic heterocycles. The van der Waals surface area contributed by atoms with Crippen molar-refractivity contribution in [2.24, 2.45) is 0 Å². The van der Waals surface area contributed by atoms with E-state index < -0.39 is 16.0 Å².